The molecule has 0 saturated carbocycles. The van der Waals surface area contributed by atoms with Gasteiger partial charge in [0.1, 0.15) is 11.5 Å². The Labute approximate surface area is 138 Å². The molecular weight excluding hydrogens is 304 g/mol. The van der Waals surface area contributed by atoms with Gasteiger partial charge in [-0.3, -0.25) is 0 Å². The number of furan rings is 1. The molecule has 0 saturated heterocycles. The number of anilines is 1. The minimum atomic E-state index is -0.158. The van der Waals surface area contributed by atoms with E-state index in [4.69, 9.17) is 4.42 Å². The lowest BCUT2D eigenvalue weighted by Crippen LogP contribution is -2.03. The number of aromatic nitrogens is 3. The number of aliphatic hydroxyl groups excluding tert-OH is 1. The number of aliphatic hydroxyl groups is 1. The van der Waals surface area contributed by atoms with Crippen molar-refractivity contribution < 1.29 is 9.52 Å². The molecule has 120 valence electrons. The second-order valence-corrected chi connectivity index (χ2v) is 5.38. The molecule has 24 heavy (non-hydrogen) atoms. The molecule has 0 aliphatic heterocycles. The van der Waals surface area contributed by atoms with E-state index in [1.54, 1.807) is 16.8 Å². The maximum absolute atomic E-state index is 9.75. The van der Waals surface area contributed by atoms with E-state index in [0.29, 0.717) is 29.2 Å². The van der Waals surface area contributed by atoms with Gasteiger partial charge in [-0.15, -0.1) is 0 Å². The quantitative estimate of drug-likeness (QED) is 0.591. The molecule has 6 nitrogen and oxygen atoms in total. The van der Waals surface area contributed by atoms with E-state index in [1.165, 1.54) is 5.56 Å². The first-order chi connectivity index (χ1) is 11.8. The third-order valence-electron chi connectivity index (χ3n) is 3.81. The van der Waals surface area contributed by atoms with Gasteiger partial charge in [0, 0.05) is 12.7 Å². The minimum Gasteiger partial charge on any atom is -0.463 e. The Morgan fingerprint density at radius 2 is 1.96 bits per heavy atom. The lowest BCUT2D eigenvalue weighted by Gasteiger charge is -2.06. The largest absolute Gasteiger partial charge is 0.463 e. The number of nitrogens with one attached hydrogen (secondary N) is 1. The Morgan fingerprint density at radius 3 is 2.71 bits per heavy atom. The van der Waals surface area contributed by atoms with Crippen molar-refractivity contribution in [2.75, 3.05) is 5.32 Å². The zero-order valence-electron chi connectivity index (χ0n) is 12.9. The third kappa shape index (κ3) is 2.63. The molecule has 0 bridgehead atoms. The highest BCUT2D eigenvalue weighted by atomic mass is 16.3. The summed E-state index contributed by atoms with van der Waals surface area (Å²) in [6.07, 6.45) is 3.40. The highest BCUT2D eigenvalue weighted by Crippen LogP contribution is 2.26. The van der Waals surface area contributed by atoms with Crippen LogP contribution in [0.15, 0.2) is 65.4 Å². The van der Waals surface area contributed by atoms with Crippen LogP contribution < -0.4 is 5.32 Å². The highest BCUT2D eigenvalue weighted by Gasteiger charge is 2.17. The Balaban J connectivity index is 1.67. The van der Waals surface area contributed by atoms with Crippen LogP contribution in [0.2, 0.25) is 0 Å². The Hall–Kier alpha value is -3.12. The summed E-state index contributed by atoms with van der Waals surface area (Å²) in [5.74, 6) is 1.34. The van der Waals surface area contributed by atoms with Crippen molar-refractivity contribution in [3.63, 3.8) is 0 Å². The molecule has 0 unspecified atom stereocenters. The summed E-state index contributed by atoms with van der Waals surface area (Å²) >= 11 is 0. The van der Waals surface area contributed by atoms with Gasteiger partial charge in [0.15, 0.2) is 11.4 Å². The average Bonchev–Trinajstić information content (AvgIpc) is 3.27. The van der Waals surface area contributed by atoms with Crippen molar-refractivity contribution in [3.8, 4) is 11.5 Å². The smallest absolute Gasteiger partial charge is 0.163 e. The molecule has 0 amide bonds. The summed E-state index contributed by atoms with van der Waals surface area (Å²) in [4.78, 5) is 4.58. The predicted octanol–water partition coefficient (Wildman–Crippen LogP) is 3.09. The fraction of sp³-hybridized carbons (Fsp3) is 0.111. The fourth-order valence-corrected chi connectivity index (χ4v) is 2.62. The van der Waals surface area contributed by atoms with Gasteiger partial charge in [-0.2, -0.15) is 5.10 Å². The summed E-state index contributed by atoms with van der Waals surface area (Å²) in [7, 11) is 0. The van der Waals surface area contributed by atoms with Gasteiger partial charge in [-0.25, -0.2) is 9.50 Å². The minimum absolute atomic E-state index is 0.158. The average molecular weight is 320 g/mol. The molecule has 0 radical (unpaired) electrons. The lowest BCUT2D eigenvalue weighted by atomic mass is 10.2. The Bertz CT molecular complexity index is 946. The van der Waals surface area contributed by atoms with Crippen LogP contribution in [-0.4, -0.2) is 19.7 Å². The number of hydrogen-bond acceptors (Lipinski definition) is 5. The van der Waals surface area contributed by atoms with E-state index >= 15 is 0 Å². The monoisotopic (exact) mass is 320 g/mol. The van der Waals surface area contributed by atoms with Gasteiger partial charge in [0.25, 0.3) is 0 Å². The normalized spacial score (nSPS) is 11.0. The van der Waals surface area contributed by atoms with E-state index in [2.05, 4.69) is 27.5 Å². The summed E-state index contributed by atoms with van der Waals surface area (Å²) in [6.45, 7) is 0.520. The molecule has 6 heteroatoms. The van der Waals surface area contributed by atoms with Crippen molar-refractivity contribution in [2.24, 2.45) is 0 Å². The first-order valence-electron chi connectivity index (χ1n) is 7.66. The molecule has 0 fully saturated rings. The molecule has 1 aromatic carbocycles. The fourth-order valence-electron chi connectivity index (χ4n) is 2.62. The van der Waals surface area contributed by atoms with Gasteiger partial charge < -0.3 is 14.8 Å². The van der Waals surface area contributed by atoms with E-state index in [9.17, 15) is 5.11 Å². The number of nitrogens with zero attached hydrogens (tertiary/aromatic N) is 3. The van der Waals surface area contributed by atoms with E-state index in [-0.39, 0.29) is 6.61 Å². The summed E-state index contributed by atoms with van der Waals surface area (Å²) in [5, 5.41) is 17.5. The van der Waals surface area contributed by atoms with Crippen LogP contribution in [0.4, 0.5) is 5.82 Å². The lowest BCUT2D eigenvalue weighted by molar-refractivity contribution is 0.283. The maximum Gasteiger partial charge on any atom is 0.163 e. The molecule has 4 aromatic rings. The topological polar surface area (TPSA) is 75.6 Å². The van der Waals surface area contributed by atoms with Gasteiger partial charge >= 0.3 is 0 Å². The summed E-state index contributed by atoms with van der Waals surface area (Å²) in [6, 6.07) is 15.6. The Morgan fingerprint density at radius 1 is 1.08 bits per heavy atom. The zero-order chi connectivity index (χ0) is 16.4. The van der Waals surface area contributed by atoms with Crippen molar-refractivity contribution in [3.05, 3.63) is 72.1 Å². The molecule has 0 aliphatic carbocycles. The van der Waals surface area contributed by atoms with Gasteiger partial charge in [-0.1, -0.05) is 30.3 Å². The standard InChI is InChI=1S/C18H16N4O2/c23-12-14-17(15-7-4-10-24-15)21-22-9-8-16(20-18(14)22)19-11-13-5-2-1-3-6-13/h1-10,23H,11-12H2,(H,19,20). The van der Waals surface area contributed by atoms with Crippen LogP contribution >= 0.6 is 0 Å². The SMILES string of the molecule is OCc1c(-c2ccco2)nn2ccc(NCc3ccccc3)nc12. The van der Waals surface area contributed by atoms with Crippen molar-refractivity contribution in [1.29, 1.82) is 0 Å². The van der Waals surface area contributed by atoms with Crippen LogP contribution in [0.5, 0.6) is 0 Å². The molecule has 0 atom stereocenters. The molecule has 3 heterocycles. The molecule has 4 rings (SSSR count). The van der Waals surface area contributed by atoms with Gasteiger partial charge in [0.2, 0.25) is 0 Å². The molecule has 0 aliphatic rings. The number of hydrogen-bond donors (Lipinski definition) is 2. The van der Waals surface area contributed by atoms with Crippen molar-refractivity contribution in [2.45, 2.75) is 13.2 Å². The van der Waals surface area contributed by atoms with Crippen LogP contribution in [0.1, 0.15) is 11.1 Å². The second-order valence-electron chi connectivity index (χ2n) is 5.38. The van der Waals surface area contributed by atoms with Crippen LogP contribution in [-0.2, 0) is 13.2 Å². The maximum atomic E-state index is 9.75. The van der Waals surface area contributed by atoms with Crippen LogP contribution in [0, 0.1) is 0 Å². The number of fused-ring (bicyclic) bond motifs is 1. The molecule has 0 spiro atoms. The third-order valence-corrected chi connectivity index (χ3v) is 3.81. The van der Waals surface area contributed by atoms with Crippen LogP contribution in [0.3, 0.4) is 0 Å². The van der Waals surface area contributed by atoms with Gasteiger partial charge in [-0.05, 0) is 23.8 Å². The van der Waals surface area contributed by atoms with Gasteiger partial charge in [0.05, 0.1) is 18.4 Å². The number of rotatable bonds is 5. The first kappa shape index (κ1) is 14.5. The van der Waals surface area contributed by atoms with E-state index < -0.39 is 0 Å². The highest BCUT2D eigenvalue weighted by molar-refractivity contribution is 5.67. The predicted molar refractivity (Wildman–Crippen MR) is 90.4 cm³/mol. The summed E-state index contributed by atoms with van der Waals surface area (Å²) < 4.78 is 7.05. The molecule has 3 aromatic heterocycles. The van der Waals surface area contributed by atoms with Crippen molar-refractivity contribution >= 4 is 11.5 Å². The Kier molecular flexibility index (Phi) is 3.72. The van der Waals surface area contributed by atoms with Crippen LogP contribution in [0.25, 0.3) is 17.1 Å². The van der Waals surface area contributed by atoms with E-state index in [0.717, 1.165) is 5.82 Å². The molecule has 2 N–H and O–H groups in total. The zero-order valence-corrected chi connectivity index (χ0v) is 12.9. The van der Waals surface area contributed by atoms with E-state index in [1.807, 2.05) is 36.5 Å². The van der Waals surface area contributed by atoms with Crippen molar-refractivity contribution in [1.82, 2.24) is 14.6 Å². The first-order valence-corrected chi connectivity index (χ1v) is 7.66. The second kappa shape index (κ2) is 6.17. The summed E-state index contributed by atoms with van der Waals surface area (Å²) in [5.41, 5.74) is 3.04. The number of benzene rings is 1. The molecular formula is C18H16N4O2.